The Kier molecular flexibility index (Phi) is 30.9. The zero-order chi connectivity index (χ0) is 26.1. The number of rotatable bonds is 14. The highest BCUT2D eigenvalue weighted by molar-refractivity contribution is 7.80. The summed E-state index contributed by atoms with van der Waals surface area (Å²) in [6, 6.07) is 0. The predicted octanol–water partition coefficient (Wildman–Crippen LogP) is 5.87. The van der Waals surface area contributed by atoms with Crippen LogP contribution in [0.2, 0.25) is 0 Å². The van der Waals surface area contributed by atoms with E-state index in [1.165, 1.54) is 77.3 Å². The van der Waals surface area contributed by atoms with Crippen molar-refractivity contribution in [3.8, 4) is 0 Å². The lowest BCUT2D eigenvalue weighted by Gasteiger charge is -2.22. The molecule has 0 atom stereocenters. The minimum Gasteiger partial charge on any atom is -0.726 e. The maximum absolute atomic E-state index is 9.22. The first kappa shape index (κ1) is 39.0. The van der Waals surface area contributed by atoms with E-state index < -0.39 is 10.4 Å². The molecule has 0 fully saturated rings. The van der Waals surface area contributed by atoms with E-state index in [-0.39, 0.29) is 0 Å². The van der Waals surface area contributed by atoms with Gasteiger partial charge < -0.3 is 19.3 Å². The largest absolute Gasteiger partial charge is 0.726 e. The molecule has 0 aliphatic carbocycles. The standard InChI is InChI=1S/C11H24N.2C6H16N.CH4O4S/c1-2-3-4-5-6-7-8-9-10-11-12;2*1-5-6-7(2,3)4;1-5-6(2,3)4/h12H,2-11H2,1H3;2*5-6H2,1-4H3;1H3,(H,2,3,4)/q-1;2*+1;/p-1. The minimum absolute atomic E-state index is 0.621. The molecule has 0 aliphatic heterocycles. The van der Waals surface area contributed by atoms with Gasteiger partial charge in [0.1, 0.15) is 0 Å². The molecular weight excluding hydrogens is 426 g/mol. The van der Waals surface area contributed by atoms with Gasteiger partial charge in [-0.25, -0.2) is 8.42 Å². The molecule has 0 bridgehead atoms. The second kappa shape index (κ2) is 25.4. The molecule has 32 heavy (non-hydrogen) atoms. The fourth-order valence-electron chi connectivity index (χ4n) is 2.78. The second-order valence-corrected chi connectivity index (χ2v) is 11.3. The van der Waals surface area contributed by atoms with Gasteiger partial charge in [-0.15, -0.1) is 0 Å². The molecule has 0 aromatic carbocycles. The van der Waals surface area contributed by atoms with Crippen LogP contribution in [-0.4, -0.2) is 91.0 Å². The van der Waals surface area contributed by atoms with Gasteiger partial charge in [-0.3, -0.25) is 4.18 Å². The van der Waals surface area contributed by atoms with Gasteiger partial charge in [0.15, 0.2) is 0 Å². The van der Waals surface area contributed by atoms with E-state index in [2.05, 4.69) is 67.2 Å². The molecule has 0 rings (SSSR count). The Morgan fingerprint density at radius 3 is 1.09 bits per heavy atom. The summed E-state index contributed by atoms with van der Waals surface area (Å²) in [7, 11) is 9.67. The smallest absolute Gasteiger partial charge is 0.217 e. The van der Waals surface area contributed by atoms with Gasteiger partial charge in [-0.2, -0.15) is 6.54 Å². The molecule has 0 radical (unpaired) electrons. The molecule has 0 heterocycles. The maximum atomic E-state index is 9.22. The minimum atomic E-state index is -4.41. The van der Waals surface area contributed by atoms with E-state index >= 15 is 0 Å². The van der Waals surface area contributed by atoms with Gasteiger partial charge >= 0.3 is 0 Å². The summed E-state index contributed by atoms with van der Waals surface area (Å²) in [5, 5.41) is 0. The number of nitrogens with one attached hydrogen (secondary N) is 1. The zero-order valence-corrected chi connectivity index (χ0v) is 24.2. The Labute approximate surface area is 202 Å². The third-order valence-electron chi connectivity index (χ3n) is 4.27. The van der Waals surface area contributed by atoms with Gasteiger partial charge in [-0.05, 0) is 12.8 Å². The molecule has 0 aliphatic rings. The number of nitrogens with zero attached hydrogens (tertiary/aromatic N) is 2. The van der Waals surface area contributed by atoms with Crippen molar-refractivity contribution in [1.82, 2.24) is 0 Å². The third-order valence-corrected chi connectivity index (χ3v) is 4.68. The van der Waals surface area contributed by atoms with E-state index in [1.807, 2.05) is 0 Å². The van der Waals surface area contributed by atoms with E-state index in [4.69, 9.17) is 5.73 Å². The number of hydrogen-bond donors (Lipinski definition) is 0. The normalized spacial score (nSPS) is 11.4. The highest BCUT2D eigenvalue weighted by Crippen LogP contribution is 2.09. The van der Waals surface area contributed by atoms with Crippen molar-refractivity contribution in [3.63, 3.8) is 0 Å². The van der Waals surface area contributed by atoms with Gasteiger partial charge in [0.05, 0.1) is 62.5 Å². The van der Waals surface area contributed by atoms with Crippen molar-refractivity contribution in [2.24, 2.45) is 0 Å². The van der Waals surface area contributed by atoms with Crippen molar-refractivity contribution >= 4 is 10.4 Å². The van der Waals surface area contributed by atoms with E-state index in [1.54, 1.807) is 0 Å². The molecule has 7 nitrogen and oxygen atoms in total. The van der Waals surface area contributed by atoms with Crippen LogP contribution in [0.15, 0.2) is 0 Å². The van der Waals surface area contributed by atoms with Crippen LogP contribution < -0.4 is 0 Å². The first-order valence-corrected chi connectivity index (χ1v) is 13.7. The topological polar surface area (TPSA) is 90.2 Å². The zero-order valence-electron chi connectivity index (χ0n) is 23.3. The van der Waals surface area contributed by atoms with Crippen LogP contribution in [0.5, 0.6) is 0 Å². The molecule has 0 unspecified atom stereocenters. The molecule has 0 amide bonds. The van der Waals surface area contributed by atoms with Crippen LogP contribution in [-0.2, 0) is 14.6 Å². The molecule has 8 heteroatoms. The van der Waals surface area contributed by atoms with Crippen molar-refractivity contribution < 1.29 is 26.1 Å². The monoisotopic (exact) mass is 485 g/mol. The summed E-state index contributed by atoms with van der Waals surface area (Å²) in [5.74, 6) is 0. The van der Waals surface area contributed by atoms with Crippen LogP contribution >= 0.6 is 0 Å². The van der Waals surface area contributed by atoms with Crippen molar-refractivity contribution in [1.29, 1.82) is 0 Å². The van der Waals surface area contributed by atoms with Gasteiger partial charge in [-0.1, -0.05) is 78.6 Å². The molecule has 0 spiro atoms. The molecular formula is C24H59N3O4S. The number of quaternary nitrogens is 2. The Morgan fingerprint density at radius 2 is 0.938 bits per heavy atom. The van der Waals surface area contributed by atoms with Gasteiger partial charge in [0, 0.05) is 0 Å². The average Bonchev–Trinajstić information content (AvgIpc) is 2.63. The first-order valence-electron chi connectivity index (χ1n) is 12.4. The van der Waals surface area contributed by atoms with Crippen LogP contribution in [0, 0.1) is 0 Å². The maximum Gasteiger partial charge on any atom is 0.217 e. The lowest BCUT2D eigenvalue weighted by atomic mass is 10.1. The van der Waals surface area contributed by atoms with Crippen molar-refractivity contribution in [2.45, 2.75) is 91.4 Å². The summed E-state index contributed by atoms with van der Waals surface area (Å²) in [5.41, 5.74) is 6.97. The predicted molar refractivity (Wildman–Crippen MR) is 140 cm³/mol. The van der Waals surface area contributed by atoms with Crippen LogP contribution in [0.3, 0.4) is 0 Å². The van der Waals surface area contributed by atoms with Crippen LogP contribution in [0.25, 0.3) is 5.73 Å². The summed E-state index contributed by atoms with van der Waals surface area (Å²) in [6.07, 6.45) is 14.7. The lowest BCUT2D eigenvalue weighted by molar-refractivity contribution is -0.870. The van der Waals surface area contributed by atoms with Crippen LogP contribution in [0.4, 0.5) is 0 Å². The quantitative estimate of drug-likeness (QED) is 0.133. The lowest BCUT2D eigenvalue weighted by Crippen LogP contribution is -2.34. The fourth-order valence-corrected chi connectivity index (χ4v) is 2.78. The summed E-state index contributed by atoms with van der Waals surface area (Å²) >= 11 is 0. The SMILES string of the molecule is CCCCCCCCCCC[NH-].CCC[N+](C)(C)C.CCC[N+](C)(C)C.COS(=O)(=O)[O-]. The summed E-state index contributed by atoms with van der Waals surface area (Å²) < 4.78 is 33.2. The Bertz CT molecular complexity index is 419. The number of unbranched alkanes of at least 4 members (excludes halogenated alkanes) is 8. The number of hydrogen-bond acceptors (Lipinski definition) is 4. The summed E-state index contributed by atoms with van der Waals surface area (Å²) in [4.78, 5) is 0. The molecule has 200 valence electrons. The van der Waals surface area contributed by atoms with Gasteiger partial charge in [0.25, 0.3) is 0 Å². The van der Waals surface area contributed by atoms with Gasteiger partial charge in [0.2, 0.25) is 10.4 Å². The van der Waals surface area contributed by atoms with E-state index in [0.717, 1.165) is 22.5 Å². The molecule has 0 aromatic heterocycles. The first-order chi connectivity index (χ1) is 14.6. The molecule has 0 aromatic rings. The van der Waals surface area contributed by atoms with Crippen LogP contribution in [0.1, 0.15) is 91.4 Å². The highest BCUT2D eigenvalue weighted by Gasteiger charge is 2.01. The van der Waals surface area contributed by atoms with Crippen molar-refractivity contribution in [2.75, 3.05) is 69.0 Å². The third kappa shape index (κ3) is 63.0. The van der Waals surface area contributed by atoms with E-state index in [0.29, 0.717) is 6.54 Å². The Morgan fingerprint density at radius 1 is 0.656 bits per heavy atom. The molecule has 0 saturated heterocycles. The van der Waals surface area contributed by atoms with E-state index in [9.17, 15) is 13.0 Å². The van der Waals surface area contributed by atoms with Crippen molar-refractivity contribution in [3.05, 3.63) is 5.73 Å². The Hall–Kier alpha value is -0.250. The summed E-state index contributed by atoms with van der Waals surface area (Å²) in [6.45, 7) is 9.86. The molecule has 0 saturated carbocycles. The fraction of sp³-hybridized carbons (Fsp3) is 1.00. The second-order valence-electron chi connectivity index (χ2n) is 10.2. The highest BCUT2D eigenvalue weighted by atomic mass is 32.3. The Balaban J connectivity index is -0.000000171. The average molecular weight is 486 g/mol. The molecule has 1 N–H and O–H groups in total.